The van der Waals surface area contributed by atoms with Gasteiger partial charge in [-0.25, -0.2) is 0 Å². The average Bonchev–Trinajstić information content (AvgIpc) is 3.57. The fraction of sp³-hybridized carbons (Fsp3) is 0.417. The van der Waals surface area contributed by atoms with E-state index in [4.69, 9.17) is 4.74 Å². The van der Waals surface area contributed by atoms with Crippen LogP contribution in [0.4, 0.5) is 5.69 Å². The largest absolute Gasteiger partial charge is 0.484 e. The minimum atomic E-state index is -0.249. The van der Waals surface area contributed by atoms with Gasteiger partial charge in [0.05, 0.1) is 0 Å². The Hall–Kier alpha value is -2.82. The van der Waals surface area contributed by atoms with Crippen LogP contribution in [-0.4, -0.2) is 24.5 Å². The van der Waals surface area contributed by atoms with Crippen LogP contribution in [0.2, 0.25) is 0 Å². The van der Waals surface area contributed by atoms with E-state index in [9.17, 15) is 9.59 Å². The van der Waals surface area contributed by atoms with Crippen molar-refractivity contribution >= 4 is 17.5 Å². The summed E-state index contributed by atoms with van der Waals surface area (Å²) in [7, 11) is 0. The van der Waals surface area contributed by atoms with Crippen LogP contribution in [-0.2, 0) is 4.79 Å². The van der Waals surface area contributed by atoms with Crippen molar-refractivity contribution < 1.29 is 14.3 Å². The molecule has 2 N–H and O–H groups in total. The summed E-state index contributed by atoms with van der Waals surface area (Å²) >= 11 is 0. The molecule has 2 aromatic rings. The first-order valence-corrected chi connectivity index (χ1v) is 10.6. The first kappa shape index (κ1) is 19.5. The molecule has 5 nitrogen and oxygen atoms in total. The summed E-state index contributed by atoms with van der Waals surface area (Å²) < 4.78 is 5.63. The number of amides is 2. The standard InChI is InChI=1S/C24H28N2O3/c27-23(25-21-8-4-7-19(15-21)24(28)26-20-11-12-20)16-29-22-13-9-18(10-14-22)17-5-2-1-3-6-17/h4,7-10,13-15,17,20H,1-3,5-6,11-12,16H2,(H,25,27)(H,26,28). The van der Waals surface area contributed by atoms with Gasteiger partial charge in [0.25, 0.3) is 11.8 Å². The third-order valence-electron chi connectivity index (χ3n) is 5.65. The Kier molecular flexibility index (Phi) is 6.13. The smallest absolute Gasteiger partial charge is 0.262 e. The van der Waals surface area contributed by atoms with Crippen LogP contribution in [0.15, 0.2) is 48.5 Å². The number of rotatable bonds is 7. The van der Waals surface area contributed by atoms with E-state index in [0.717, 1.165) is 12.8 Å². The summed E-state index contributed by atoms with van der Waals surface area (Å²) in [6.07, 6.45) is 8.59. The number of nitrogens with one attached hydrogen (secondary N) is 2. The first-order valence-electron chi connectivity index (χ1n) is 10.6. The monoisotopic (exact) mass is 392 g/mol. The van der Waals surface area contributed by atoms with Crippen LogP contribution in [0, 0.1) is 0 Å². The quantitative estimate of drug-likeness (QED) is 0.721. The number of benzene rings is 2. The van der Waals surface area contributed by atoms with Crippen LogP contribution in [0.3, 0.4) is 0 Å². The molecule has 0 bridgehead atoms. The molecule has 0 saturated heterocycles. The van der Waals surface area contributed by atoms with Gasteiger partial charge in [-0.2, -0.15) is 0 Å². The molecule has 2 aliphatic rings. The van der Waals surface area contributed by atoms with Gasteiger partial charge < -0.3 is 15.4 Å². The molecule has 2 amide bonds. The topological polar surface area (TPSA) is 67.4 Å². The van der Waals surface area contributed by atoms with Crippen LogP contribution in [0.1, 0.15) is 66.8 Å². The molecule has 0 spiro atoms. The lowest BCUT2D eigenvalue weighted by Crippen LogP contribution is -2.25. The Bertz CT molecular complexity index is 853. The number of carbonyl (C=O) groups is 2. The lowest BCUT2D eigenvalue weighted by atomic mass is 9.84. The maximum atomic E-state index is 12.2. The van der Waals surface area contributed by atoms with E-state index in [1.165, 1.54) is 37.7 Å². The second-order valence-electron chi connectivity index (χ2n) is 8.07. The van der Waals surface area contributed by atoms with E-state index in [0.29, 0.717) is 29.0 Å². The molecule has 0 atom stereocenters. The number of carbonyl (C=O) groups excluding carboxylic acids is 2. The number of ether oxygens (including phenoxy) is 1. The van der Waals surface area contributed by atoms with Crippen molar-refractivity contribution in [2.45, 2.75) is 56.9 Å². The van der Waals surface area contributed by atoms with Gasteiger partial charge in [-0.3, -0.25) is 9.59 Å². The molecule has 0 radical (unpaired) electrons. The van der Waals surface area contributed by atoms with Gasteiger partial charge >= 0.3 is 0 Å². The molecule has 0 aliphatic heterocycles. The molecule has 2 aliphatic carbocycles. The van der Waals surface area contributed by atoms with Crippen LogP contribution in [0.25, 0.3) is 0 Å². The zero-order valence-electron chi connectivity index (χ0n) is 16.7. The van der Waals surface area contributed by atoms with Crippen LogP contribution in [0.5, 0.6) is 5.75 Å². The third kappa shape index (κ3) is 5.59. The van der Waals surface area contributed by atoms with Crippen LogP contribution >= 0.6 is 0 Å². The van der Waals surface area contributed by atoms with Crippen molar-refractivity contribution in [1.29, 1.82) is 0 Å². The van der Waals surface area contributed by atoms with Crippen LogP contribution < -0.4 is 15.4 Å². The first-order chi connectivity index (χ1) is 14.2. The molecule has 5 heteroatoms. The third-order valence-corrected chi connectivity index (χ3v) is 5.65. The predicted octanol–water partition coefficient (Wildman–Crippen LogP) is 4.64. The molecule has 0 unspecified atom stereocenters. The molecule has 0 heterocycles. The highest BCUT2D eigenvalue weighted by Crippen LogP contribution is 2.33. The molecule has 2 aromatic carbocycles. The number of hydrogen-bond acceptors (Lipinski definition) is 3. The normalized spacial score (nSPS) is 16.8. The van der Waals surface area contributed by atoms with E-state index >= 15 is 0 Å². The van der Waals surface area contributed by atoms with Gasteiger partial charge in [0.15, 0.2) is 6.61 Å². The minimum absolute atomic E-state index is 0.0682. The Morgan fingerprint density at radius 2 is 1.69 bits per heavy atom. The summed E-state index contributed by atoms with van der Waals surface area (Å²) in [5.41, 5.74) is 2.51. The maximum Gasteiger partial charge on any atom is 0.262 e. The minimum Gasteiger partial charge on any atom is -0.484 e. The fourth-order valence-electron chi connectivity index (χ4n) is 3.85. The highest BCUT2D eigenvalue weighted by Gasteiger charge is 2.23. The number of hydrogen-bond donors (Lipinski definition) is 2. The second kappa shape index (κ2) is 9.12. The zero-order chi connectivity index (χ0) is 20.1. The Morgan fingerprint density at radius 1 is 0.931 bits per heavy atom. The fourth-order valence-corrected chi connectivity index (χ4v) is 3.85. The van der Waals surface area contributed by atoms with Crippen molar-refractivity contribution in [1.82, 2.24) is 5.32 Å². The molecule has 2 saturated carbocycles. The van der Waals surface area contributed by atoms with E-state index in [2.05, 4.69) is 22.8 Å². The maximum absolute atomic E-state index is 12.2. The van der Waals surface area contributed by atoms with Gasteiger partial charge in [0, 0.05) is 17.3 Å². The SMILES string of the molecule is O=C(COc1ccc(C2CCCCC2)cc1)Nc1cccc(C(=O)NC2CC2)c1. The van der Waals surface area contributed by atoms with Gasteiger partial charge in [-0.1, -0.05) is 37.5 Å². The van der Waals surface area contributed by atoms with E-state index in [1.807, 2.05) is 12.1 Å². The summed E-state index contributed by atoms with van der Waals surface area (Å²) in [6, 6.07) is 15.4. The average molecular weight is 392 g/mol. The summed E-state index contributed by atoms with van der Waals surface area (Å²) in [5, 5.41) is 5.74. The second-order valence-corrected chi connectivity index (χ2v) is 8.07. The van der Waals surface area contributed by atoms with Crippen molar-refractivity contribution in [3.63, 3.8) is 0 Å². The molecular weight excluding hydrogens is 364 g/mol. The van der Waals surface area contributed by atoms with Crippen molar-refractivity contribution in [3.8, 4) is 5.75 Å². The van der Waals surface area contributed by atoms with Gasteiger partial charge in [-0.15, -0.1) is 0 Å². The molecule has 4 rings (SSSR count). The summed E-state index contributed by atoms with van der Waals surface area (Å²) in [6.45, 7) is -0.0682. The highest BCUT2D eigenvalue weighted by molar-refractivity contribution is 5.97. The summed E-state index contributed by atoms with van der Waals surface area (Å²) in [5.74, 6) is 1.00. The Labute approximate surface area is 171 Å². The lowest BCUT2D eigenvalue weighted by molar-refractivity contribution is -0.118. The van der Waals surface area contributed by atoms with Gasteiger partial charge in [0.2, 0.25) is 0 Å². The lowest BCUT2D eigenvalue weighted by Gasteiger charge is -2.22. The molecule has 29 heavy (non-hydrogen) atoms. The molecule has 0 aromatic heterocycles. The van der Waals surface area contributed by atoms with Crippen molar-refractivity contribution in [2.75, 3.05) is 11.9 Å². The summed E-state index contributed by atoms with van der Waals surface area (Å²) in [4.78, 5) is 24.4. The predicted molar refractivity (Wildman–Crippen MR) is 113 cm³/mol. The molecule has 2 fully saturated rings. The highest BCUT2D eigenvalue weighted by atomic mass is 16.5. The Morgan fingerprint density at radius 3 is 2.41 bits per heavy atom. The van der Waals surface area contributed by atoms with E-state index in [1.54, 1.807) is 24.3 Å². The molecular formula is C24H28N2O3. The van der Waals surface area contributed by atoms with Gasteiger partial charge in [0.1, 0.15) is 5.75 Å². The number of anilines is 1. The zero-order valence-corrected chi connectivity index (χ0v) is 16.7. The van der Waals surface area contributed by atoms with Crippen molar-refractivity contribution in [3.05, 3.63) is 59.7 Å². The Balaban J connectivity index is 1.27. The van der Waals surface area contributed by atoms with Gasteiger partial charge in [-0.05, 0) is 67.5 Å². The molecule has 152 valence electrons. The van der Waals surface area contributed by atoms with Crippen molar-refractivity contribution in [2.24, 2.45) is 0 Å². The van der Waals surface area contributed by atoms with E-state index in [-0.39, 0.29) is 18.4 Å². The van der Waals surface area contributed by atoms with E-state index < -0.39 is 0 Å².